The molecule has 2 heterocycles. The summed E-state index contributed by atoms with van der Waals surface area (Å²) in [6.07, 6.45) is 2.29. The van der Waals surface area contributed by atoms with Gasteiger partial charge in [0.25, 0.3) is 0 Å². The van der Waals surface area contributed by atoms with E-state index < -0.39 is 0 Å². The lowest BCUT2D eigenvalue weighted by molar-refractivity contribution is 0.0753. The van der Waals surface area contributed by atoms with Crippen molar-refractivity contribution in [3.63, 3.8) is 0 Å². The summed E-state index contributed by atoms with van der Waals surface area (Å²) in [7, 11) is 2.12. The Labute approximate surface area is 89.8 Å². The fraction of sp³-hybridized carbons (Fsp3) is 1.00. The lowest BCUT2D eigenvalue weighted by atomic mass is 10.1. The molecule has 2 rings (SSSR count). The van der Waals surface area contributed by atoms with Crippen LogP contribution in [-0.4, -0.2) is 60.0 Å². The summed E-state index contributed by atoms with van der Waals surface area (Å²) < 4.78 is 5.28. The van der Waals surface area contributed by atoms with Gasteiger partial charge in [0.05, 0.1) is 25.4 Å². The molecule has 4 heteroatoms. The van der Waals surface area contributed by atoms with Crippen LogP contribution in [0.5, 0.6) is 0 Å². The first kappa shape index (κ1) is 10.7. The van der Waals surface area contributed by atoms with Crippen molar-refractivity contribution in [1.29, 1.82) is 0 Å². The monoisotopic (exact) mass is 217 g/mol. The highest BCUT2D eigenvalue weighted by Gasteiger charge is 2.33. The predicted octanol–water partition coefficient (Wildman–Crippen LogP) is 0.573. The van der Waals surface area contributed by atoms with Crippen LogP contribution in [0.1, 0.15) is 12.8 Å². The fourth-order valence-corrected chi connectivity index (χ4v) is 3.45. The van der Waals surface area contributed by atoms with Crippen molar-refractivity contribution in [2.45, 2.75) is 31.0 Å². The summed E-state index contributed by atoms with van der Waals surface area (Å²) >= 11 is 2.03. The van der Waals surface area contributed by atoms with E-state index in [0.717, 1.165) is 0 Å². The van der Waals surface area contributed by atoms with Crippen LogP contribution >= 0.6 is 11.8 Å². The second-order valence-electron chi connectivity index (χ2n) is 4.21. The van der Waals surface area contributed by atoms with Gasteiger partial charge < -0.3 is 9.84 Å². The van der Waals surface area contributed by atoms with Crippen LogP contribution in [0.3, 0.4) is 0 Å². The molecule has 2 fully saturated rings. The summed E-state index contributed by atoms with van der Waals surface area (Å²) in [5.74, 6) is 2.51. The van der Waals surface area contributed by atoms with Gasteiger partial charge in [0, 0.05) is 11.8 Å². The van der Waals surface area contributed by atoms with Gasteiger partial charge in [-0.05, 0) is 25.6 Å². The molecule has 0 spiro atoms. The molecule has 0 aromatic heterocycles. The molecule has 0 aliphatic carbocycles. The molecule has 0 aromatic rings. The first-order valence-corrected chi connectivity index (χ1v) is 6.50. The topological polar surface area (TPSA) is 32.7 Å². The highest BCUT2D eigenvalue weighted by molar-refractivity contribution is 7.99. The van der Waals surface area contributed by atoms with Gasteiger partial charge in [-0.25, -0.2) is 0 Å². The smallest absolute Gasteiger partial charge is 0.0950 e. The minimum atomic E-state index is -0.285. The van der Waals surface area contributed by atoms with Crippen molar-refractivity contribution in [2.75, 3.05) is 31.8 Å². The van der Waals surface area contributed by atoms with E-state index in [9.17, 15) is 5.11 Å². The Morgan fingerprint density at radius 1 is 1.43 bits per heavy atom. The van der Waals surface area contributed by atoms with Crippen LogP contribution in [0.25, 0.3) is 0 Å². The summed E-state index contributed by atoms with van der Waals surface area (Å²) in [5.41, 5.74) is 0. The van der Waals surface area contributed by atoms with E-state index in [1.165, 1.54) is 24.3 Å². The Bertz CT molecular complexity index is 185. The molecule has 3 nitrogen and oxygen atoms in total. The maximum atomic E-state index is 9.72. The fourth-order valence-electron chi connectivity index (χ4n) is 2.24. The minimum Gasteiger partial charge on any atom is -0.389 e. The number of nitrogens with zero attached hydrogens (tertiary/aromatic N) is 1. The Kier molecular flexibility index (Phi) is 3.71. The number of hydrogen-bond acceptors (Lipinski definition) is 4. The molecule has 0 radical (unpaired) electrons. The molecule has 3 unspecified atom stereocenters. The molecule has 2 saturated heterocycles. The maximum absolute atomic E-state index is 9.72. The predicted molar refractivity (Wildman–Crippen MR) is 58.7 cm³/mol. The zero-order valence-corrected chi connectivity index (χ0v) is 9.50. The van der Waals surface area contributed by atoms with E-state index in [-0.39, 0.29) is 12.1 Å². The number of aliphatic hydroxyl groups is 1. The SMILES string of the molecule is CN(C1CCCSC1)C1COCC1O. The first-order valence-electron chi connectivity index (χ1n) is 5.34. The molecule has 2 aliphatic rings. The van der Waals surface area contributed by atoms with Crippen LogP contribution in [0, 0.1) is 0 Å². The zero-order valence-electron chi connectivity index (χ0n) is 8.69. The minimum absolute atomic E-state index is 0.221. The third-order valence-electron chi connectivity index (χ3n) is 3.26. The van der Waals surface area contributed by atoms with Crippen molar-refractivity contribution in [3.8, 4) is 0 Å². The normalized spacial score (nSPS) is 39.2. The number of aliphatic hydroxyl groups excluding tert-OH is 1. The lowest BCUT2D eigenvalue weighted by Crippen LogP contribution is -2.48. The number of rotatable bonds is 2. The van der Waals surface area contributed by atoms with E-state index in [2.05, 4.69) is 11.9 Å². The van der Waals surface area contributed by atoms with Gasteiger partial charge in [0.1, 0.15) is 0 Å². The standard InChI is InChI=1S/C10H19NO2S/c1-11(8-3-2-4-14-7-8)9-5-13-6-10(9)12/h8-10,12H,2-7H2,1H3. The molecule has 0 saturated carbocycles. The van der Waals surface area contributed by atoms with E-state index in [1.54, 1.807) is 0 Å². The van der Waals surface area contributed by atoms with Gasteiger partial charge in [-0.3, -0.25) is 4.90 Å². The molecule has 1 N–H and O–H groups in total. The molecule has 3 atom stereocenters. The summed E-state index contributed by atoms with van der Waals surface area (Å²) in [6, 6.07) is 0.855. The largest absolute Gasteiger partial charge is 0.389 e. The van der Waals surface area contributed by atoms with Crippen molar-refractivity contribution in [2.24, 2.45) is 0 Å². The Hall–Kier alpha value is 0.230. The summed E-state index contributed by atoms with van der Waals surface area (Å²) in [5, 5.41) is 9.72. The molecule has 14 heavy (non-hydrogen) atoms. The average molecular weight is 217 g/mol. The van der Waals surface area contributed by atoms with Crippen LogP contribution in [-0.2, 0) is 4.74 Å². The van der Waals surface area contributed by atoms with Crippen LogP contribution < -0.4 is 0 Å². The molecular weight excluding hydrogens is 198 g/mol. The Morgan fingerprint density at radius 3 is 2.86 bits per heavy atom. The summed E-state index contributed by atoms with van der Waals surface area (Å²) in [4.78, 5) is 2.32. The zero-order chi connectivity index (χ0) is 9.97. The quantitative estimate of drug-likeness (QED) is 0.733. The number of likely N-dealkylation sites (N-methyl/N-ethyl adjacent to an activating group) is 1. The Morgan fingerprint density at radius 2 is 2.29 bits per heavy atom. The van der Waals surface area contributed by atoms with Gasteiger partial charge in [0.2, 0.25) is 0 Å². The van der Waals surface area contributed by atoms with E-state index in [4.69, 9.17) is 4.74 Å². The van der Waals surface area contributed by atoms with Gasteiger partial charge in [-0.1, -0.05) is 0 Å². The van der Waals surface area contributed by atoms with E-state index in [0.29, 0.717) is 19.3 Å². The maximum Gasteiger partial charge on any atom is 0.0950 e. The highest BCUT2D eigenvalue weighted by Crippen LogP contribution is 2.24. The van der Waals surface area contributed by atoms with Crippen molar-refractivity contribution in [3.05, 3.63) is 0 Å². The number of ether oxygens (including phenoxy) is 1. The van der Waals surface area contributed by atoms with Crippen molar-refractivity contribution in [1.82, 2.24) is 4.90 Å². The second kappa shape index (κ2) is 4.84. The second-order valence-corrected chi connectivity index (χ2v) is 5.36. The number of thioether (sulfide) groups is 1. The molecule has 0 bridgehead atoms. The van der Waals surface area contributed by atoms with Gasteiger partial charge in [-0.2, -0.15) is 11.8 Å². The van der Waals surface area contributed by atoms with Gasteiger partial charge in [-0.15, -0.1) is 0 Å². The van der Waals surface area contributed by atoms with E-state index >= 15 is 0 Å². The van der Waals surface area contributed by atoms with Gasteiger partial charge in [0.15, 0.2) is 0 Å². The van der Waals surface area contributed by atoms with E-state index in [1.807, 2.05) is 11.8 Å². The highest BCUT2D eigenvalue weighted by atomic mass is 32.2. The third kappa shape index (κ3) is 2.24. The number of hydrogen-bond donors (Lipinski definition) is 1. The van der Waals surface area contributed by atoms with Gasteiger partial charge >= 0.3 is 0 Å². The lowest BCUT2D eigenvalue weighted by Gasteiger charge is -2.35. The molecule has 82 valence electrons. The molecule has 2 aliphatic heterocycles. The molecule has 0 amide bonds. The molecular formula is C10H19NO2S. The Balaban J connectivity index is 1.89. The van der Waals surface area contributed by atoms with Crippen molar-refractivity contribution < 1.29 is 9.84 Å². The van der Waals surface area contributed by atoms with Crippen LogP contribution in [0.4, 0.5) is 0 Å². The van der Waals surface area contributed by atoms with Crippen LogP contribution in [0.15, 0.2) is 0 Å². The van der Waals surface area contributed by atoms with Crippen LogP contribution in [0.2, 0.25) is 0 Å². The van der Waals surface area contributed by atoms with Crippen molar-refractivity contribution >= 4 is 11.8 Å². The average Bonchev–Trinajstić information content (AvgIpc) is 2.65. The summed E-state index contributed by atoms with van der Waals surface area (Å²) in [6.45, 7) is 1.20. The first-order chi connectivity index (χ1) is 6.79. The molecule has 0 aromatic carbocycles. The third-order valence-corrected chi connectivity index (χ3v) is 4.45.